The lowest BCUT2D eigenvalue weighted by molar-refractivity contribution is 0.425. The molecule has 0 atom stereocenters. The molecule has 0 unspecified atom stereocenters. The molecule has 5 nitrogen and oxygen atoms in total. The largest absolute Gasteiger partial charge is 0.369 e. The van der Waals surface area contributed by atoms with Gasteiger partial charge in [0.25, 0.3) is 0 Å². The van der Waals surface area contributed by atoms with Gasteiger partial charge in [-0.25, -0.2) is 4.98 Å². The van der Waals surface area contributed by atoms with E-state index in [0.717, 1.165) is 38.3 Å². The highest BCUT2D eigenvalue weighted by molar-refractivity contribution is 5.39. The minimum Gasteiger partial charge on any atom is -0.369 e. The van der Waals surface area contributed by atoms with Crippen LogP contribution in [-0.2, 0) is 6.42 Å². The predicted molar refractivity (Wildman–Crippen MR) is 92.3 cm³/mol. The topological polar surface area (TPSA) is 53.1 Å². The number of rotatable bonds is 9. The fourth-order valence-corrected chi connectivity index (χ4v) is 2.09. The third kappa shape index (κ3) is 6.10. The van der Waals surface area contributed by atoms with Crippen molar-refractivity contribution >= 4 is 11.8 Å². The van der Waals surface area contributed by atoms with E-state index in [1.165, 1.54) is 5.56 Å². The Labute approximate surface area is 132 Å². The maximum atomic E-state index is 4.46. The second-order valence-corrected chi connectivity index (χ2v) is 5.51. The van der Waals surface area contributed by atoms with Crippen molar-refractivity contribution in [3.8, 4) is 0 Å². The molecule has 0 aliphatic heterocycles. The first-order valence-electron chi connectivity index (χ1n) is 7.73. The van der Waals surface area contributed by atoms with Crippen molar-refractivity contribution < 1.29 is 0 Å². The Morgan fingerprint density at radius 3 is 2.59 bits per heavy atom. The number of hydrogen-bond acceptors (Lipinski definition) is 5. The van der Waals surface area contributed by atoms with E-state index in [-0.39, 0.29) is 0 Å². The summed E-state index contributed by atoms with van der Waals surface area (Å²) in [4.78, 5) is 10.9. The summed E-state index contributed by atoms with van der Waals surface area (Å²) in [6.45, 7) is 2.72. The zero-order valence-corrected chi connectivity index (χ0v) is 13.4. The van der Waals surface area contributed by atoms with Gasteiger partial charge in [0.05, 0.1) is 0 Å². The zero-order valence-electron chi connectivity index (χ0n) is 13.4. The summed E-state index contributed by atoms with van der Waals surface area (Å²) in [5.74, 6) is 1.55. The summed E-state index contributed by atoms with van der Waals surface area (Å²) in [6, 6.07) is 12.4. The normalized spacial score (nSPS) is 10.7. The SMILES string of the molecule is CN(C)CCNc1ccnc(NCCCc2ccccc2)n1. The average Bonchev–Trinajstić information content (AvgIpc) is 2.53. The molecule has 5 heteroatoms. The van der Waals surface area contributed by atoms with Crippen LogP contribution in [0, 0.1) is 0 Å². The molecule has 0 radical (unpaired) electrons. The molecule has 0 saturated carbocycles. The molecule has 2 N–H and O–H groups in total. The van der Waals surface area contributed by atoms with Gasteiger partial charge in [-0.2, -0.15) is 4.98 Å². The molecule has 0 amide bonds. The monoisotopic (exact) mass is 299 g/mol. The maximum absolute atomic E-state index is 4.46. The van der Waals surface area contributed by atoms with Crippen LogP contribution >= 0.6 is 0 Å². The summed E-state index contributed by atoms with van der Waals surface area (Å²) >= 11 is 0. The van der Waals surface area contributed by atoms with Crippen LogP contribution in [0.3, 0.4) is 0 Å². The number of hydrogen-bond donors (Lipinski definition) is 2. The summed E-state index contributed by atoms with van der Waals surface area (Å²) in [5, 5.41) is 6.58. The first-order chi connectivity index (χ1) is 10.7. The van der Waals surface area contributed by atoms with E-state index in [4.69, 9.17) is 0 Å². The molecule has 22 heavy (non-hydrogen) atoms. The lowest BCUT2D eigenvalue weighted by atomic mass is 10.1. The molecule has 0 aliphatic carbocycles. The second-order valence-electron chi connectivity index (χ2n) is 5.51. The van der Waals surface area contributed by atoms with Gasteiger partial charge >= 0.3 is 0 Å². The fraction of sp³-hybridized carbons (Fsp3) is 0.412. The molecular weight excluding hydrogens is 274 g/mol. The Morgan fingerprint density at radius 1 is 1.00 bits per heavy atom. The quantitative estimate of drug-likeness (QED) is 0.697. The number of anilines is 2. The van der Waals surface area contributed by atoms with Crippen LogP contribution < -0.4 is 10.6 Å². The predicted octanol–water partition coefficient (Wildman–Crippen LogP) is 2.49. The van der Waals surface area contributed by atoms with Gasteiger partial charge < -0.3 is 15.5 Å². The Morgan fingerprint density at radius 2 is 1.82 bits per heavy atom. The lowest BCUT2D eigenvalue weighted by Gasteiger charge is -2.11. The Kier molecular flexibility index (Phi) is 6.64. The summed E-state index contributed by atoms with van der Waals surface area (Å²) in [6.07, 6.45) is 3.91. The van der Waals surface area contributed by atoms with E-state index in [9.17, 15) is 0 Å². The van der Waals surface area contributed by atoms with Gasteiger partial charge in [-0.05, 0) is 38.6 Å². The van der Waals surface area contributed by atoms with Crippen molar-refractivity contribution in [2.24, 2.45) is 0 Å². The maximum Gasteiger partial charge on any atom is 0.224 e. The second kappa shape index (κ2) is 9.00. The first-order valence-corrected chi connectivity index (χ1v) is 7.73. The van der Waals surface area contributed by atoms with Crippen LogP contribution in [0.2, 0.25) is 0 Å². The van der Waals surface area contributed by atoms with Crippen LogP contribution in [0.15, 0.2) is 42.6 Å². The molecular formula is C17H25N5. The van der Waals surface area contributed by atoms with Gasteiger partial charge in [-0.15, -0.1) is 0 Å². The van der Waals surface area contributed by atoms with Crippen LogP contribution in [0.1, 0.15) is 12.0 Å². The first kappa shape index (κ1) is 16.2. The summed E-state index contributed by atoms with van der Waals surface area (Å²) in [5.41, 5.74) is 1.37. The van der Waals surface area contributed by atoms with Crippen molar-refractivity contribution in [1.82, 2.24) is 14.9 Å². The van der Waals surface area contributed by atoms with Gasteiger partial charge in [0.15, 0.2) is 0 Å². The lowest BCUT2D eigenvalue weighted by Crippen LogP contribution is -2.21. The molecule has 0 saturated heterocycles. The molecule has 1 aromatic carbocycles. The van der Waals surface area contributed by atoms with Crippen LogP contribution in [-0.4, -0.2) is 48.6 Å². The smallest absolute Gasteiger partial charge is 0.224 e. The molecule has 0 fully saturated rings. The molecule has 2 aromatic rings. The number of benzene rings is 1. The Balaban J connectivity index is 1.71. The van der Waals surface area contributed by atoms with E-state index in [1.807, 2.05) is 12.1 Å². The zero-order chi connectivity index (χ0) is 15.6. The molecule has 1 heterocycles. The van der Waals surface area contributed by atoms with E-state index >= 15 is 0 Å². The Bertz CT molecular complexity index is 542. The number of aryl methyl sites for hydroxylation is 1. The van der Waals surface area contributed by atoms with Crippen molar-refractivity contribution in [2.75, 3.05) is 44.4 Å². The number of nitrogens with zero attached hydrogens (tertiary/aromatic N) is 3. The highest BCUT2D eigenvalue weighted by Crippen LogP contribution is 2.06. The standard InChI is InChI=1S/C17H25N5/c1-22(2)14-13-18-16-10-12-20-17(21-16)19-11-6-9-15-7-4-3-5-8-15/h3-5,7-8,10,12H,6,9,11,13-14H2,1-2H3,(H2,18,19,20,21). The van der Waals surface area contributed by atoms with Gasteiger partial charge in [0, 0.05) is 25.8 Å². The minimum atomic E-state index is 0.683. The Hall–Kier alpha value is -2.14. The van der Waals surface area contributed by atoms with E-state index in [1.54, 1.807) is 6.20 Å². The number of nitrogens with one attached hydrogen (secondary N) is 2. The molecule has 118 valence electrons. The molecule has 0 spiro atoms. The summed E-state index contributed by atoms with van der Waals surface area (Å²) < 4.78 is 0. The number of aromatic nitrogens is 2. The van der Waals surface area contributed by atoms with Crippen LogP contribution in [0.4, 0.5) is 11.8 Å². The van der Waals surface area contributed by atoms with Crippen LogP contribution in [0.25, 0.3) is 0 Å². The third-order valence-corrected chi connectivity index (χ3v) is 3.29. The van der Waals surface area contributed by atoms with Gasteiger partial charge in [-0.1, -0.05) is 30.3 Å². The molecule has 2 rings (SSSR count). The van der Waals surface area contributed by atoms with Crippen molar-refractivity contribution in [3.63, 3.8) is 0 Å². The van der Waals surface area contributed by atoms with Gasteiger partial charge in [0.1, 0.15) is 5.82 Å². The summed E-state index contributed by atoms with van der Waals surface area (Å²) in [7, 11) is 4.11. The van der Waals surface area contributed by atoms with Crippen molar-refractivity contribution in [2.45, 2.75) is 12.8 Å². The molecule has 1 aromatic heterocycles. The van der Waals surface area contributed by atoms with Crippen molar-refractivity contribution in [3.05, 3.63) is 48.2 Å². The average molecular weight is 299 g/mol. The van der Waals surface area contributed by atoms with Crippen LogP contribution in [0.5, 0.6) is 0 Å². The van der Waals surface area contributed by atoms with Gasteiger partial charge in [0.2, 0.25) is 5.95 Å². The third-order valence-electron chi connectivity index (χ3n) is 3.29. The van der Waals surface area contributed by atoms with Crippen molar-refractivity contribution in [1.29, 1.82) is 0 Å². The van der Waals surface area contributed by atoms with E-state index < -0.39 is 0 Å². The minimum absolute atomic E-state index is 0.683. The molecule has 0 bridgehead atoms. The van der Waals surface area contributed by atoms with E-state index in [0.29, 0.717) is 5.95 Å². The van der Waals surface area contributed by atoms with E-state index in [2.05, 4.69) is 63.9 Å². The molecule has 0 aliphatic rings. The highest BCUT2D eigenvalue weighted by Gasteiger charge is 1.99. The number of likely N-dealkylation sites (N-methyl/N-ethyl adjacent to an activating group) is 1. The highest BCUT2D eigenvalue weighted by atomic mass is 15.1. The fourth-order valence-electron chi connectivity index (χ4n) is 2.09. The van der Waals surface area contributed by atoms with Gasteiger partial charge in [-0.3, -0.25) is 0 Å².